The molecule has 2 aromatic rings. The van der Waals surface area contributed by atoms with Gasteiger partial charge < -0.3 is 10.5 Å². The van der Waals surface area contributed by atoms with E-state index in [1.54, 1.807) is 12.4 Å². The van der Waals surface area contributed by atoms with E-state index in [9.17, 15) is 0 Å². The molecule has 0 spiro atoms. The zero-order valence-electron chi connectivity index (χ0n) is 12.6. The predicted octanol–water partition coefficient (Wildman–Crippen LogP) is 4.21. The lowest BCUT2D eigenvalue weighted by Gasteiger charge is -2.25. The summed E-state index contributed by atoms with van der Waals surface area (Å²) in [6.07, 6.45) is 4.15. The molecule has 0 aliphatic carbocycles. The summed E-state index contributed by atoms with van der Waals surface area (Å²) in [5.74, 6) is 0.792. The van der Waals surface area contributed by atoms with Crippen LogP contribution in [0.15, 0.2) is 36.7 Å². The van der Waals surface area contributed by atoms with Gasteiger partial charge in [0.2, 0.25) is 0 Å². The van der Waals surface area contributed by atoms with Crippen LogP contribution in [0.25, 0.3) is 0 Å². The third kappa shape index (κ3) is 3.74. The molecule has 0 aliphatic heterocycles. The van der Waals surface area contributed by atoms with Crippen LogP contribution in [-0.4, -0.2) is 11.0 Å². The maximum Gasteiger partial charge on any atom is 0.139 e. The number of rotatable bonds is 5. The average molecular weight is 305 g/mol. The van der Waals surface area contributed by atoms with Crippen LogP contribution in [0, 0.1) is 13.8 Å². The van der Waals surface area contributed by atoms with Gasteiger partial charge in [-0.3, -0.25) is 4.98 Å². The molecular weight excluding hydrogens is 284 g/mol. The minimum atomic E-state index is -0.196. The average Bonchev–Trinajstić information content (AvgIpc) is 2.50. The van der Waals surface area contributed by atoms with Gasteiger partial charge >= 0.3 is 0 Å². The summed E-state index contributed by atoms with van der Waals surface area (Å²) in [6.45, 7) is 6.01. The Morgan fingerprint density at radius 2 is 1.76 bits per heavy atom. The Bertz CT molecular complexity index is 578. The number of pyridine rings is 1. The van der Waals surface area contributed by atoms with Crippen molar-refractivity contribution in [2.24, 2.45) is 5.73 Å². The molecule has 21 heavy (non-hydrogen) atoms. The van der Waals surface area contributed by atoms with Crippen LogP contribution >= 0.6 is 11.6 Å². The van der Waals surface area contributed by atoms with Crippen LogP contribution in [0.1, 0.15) is 36.1 Å². The highest BCUT2D eigenvalue weighted by atomic mass is 35.5. The van der Waals surface area contributed by atoms with Gasteiger partial charge in [0.1, 0.15) is 11.9 Å². The van der Waals surface area contributed by atoms with Crippen molar-refractivity contribution in [2.75, 3.05) is 0 Å². The second kappa shape index (κ2) is 6.92. The Balaban J connectivity index is 2.32. The summed E-state index contributed by atoms with van der Waals surface area (Å²) in [7, 11) is 0. The molecular formula is C17H21ClN2O. The maximum absolute atomic E-state index is 6.23. The number of benzene rings is 1. The minimum absolute atomic E-state index is 0.0799. The van der Waals surface area contributed by atoms with E-state index in [0.717, 1.165) is 33.9 Å². The summed E-state index contributed by atoms with van der Waals surface area (Å²) in [5, 5.41) is 0.780. The van der Waals surface area contributed by atoms with Crippen molar-refractivity contribution < 1.29 is 4.74 Å². The fourth-order valence-corrected chi connectivity index (χ4v) is 2.40. The van der Waals surface area contributed by atoms with Crippen LogP contribution in [-0.2, 0) is 0 Å². The molecule has 3 nitrogen and oxygen atoms in total. The van der Waals surface area contributed by atoms with Crippen molar-refractivity contribution in [3.63, 3.8) is 0 Å². The zero-order chi connectivity index (χ0) is 15.4. The number of halogens is 1. The molecule has 2 rings (SSSR count). The van der Waals surface area contributed by atoms with E-state index in [-0.39, 0.29) is 12.1 Å². The summed E-state index contributed by atoms with van der Waals surface area (Å²) in [6, 6.07) is 7.70. The number of aryl methyl sites for hydroxylation is 2. The second-order valence-electron chi connectivity index (χ2n) is 5.26. The highest BCUT2D eigenvalue weighted by Crippen LogP contribution is 2.30. The summed E-state index contributed by atoms with van der Waals surface area (Å²) in [4.78, 5) is 4.05. The molecule has 1 aromatic carbocycles. The Morgan fingerprint density at radius 3 is 2.29 bits per heavy atom. The van der Waals surface area contributed by atoms with Crippen molar-refractivity contribution in [1.29, 1.82) is 0 Å². The molecule has 0 saturated carbocycles. The molecule has 1 heterocycles. The number of ether oxygens (including phenoxy) is 1. The van der Waals surface area contributed by atoms with Gasteiger partial charge in [-0.2, -0.15) is 0 Å². The van der Waals surface area contributed by atoms with Gasteiger partial charge in [0.05, 0.1) is 0 Å². The molecule has 0 saturated heterocycles. The zero-order valence-corrected chi connectivity index (χ0v) is 13.4. The SMILES string of the molecule is CCC(N)C(Oc1cc(C)c(Cl)c(C)c1)c1ccncc1. The van der Waals surface area contributed by atoms with Gasteiger partial charge in [-0.25, -0.2) is 0 Å². The van der Waals surface area contributed by atoms with Crippen LogP contribution in [0.3, 0.4) is 0 Å². The van der Waals surface area contributed by atoms with E-state index in [4.69, 9.17) is 22.1 Å². The van der Waals surface area contributed by atoms with Gasteiger partial charge in [-0.15, -0.1) is 0 Å². The minimum Gasteiger partial charge on any atom is -0.484 e. The van der Waals surface area contributed by atoms with E-state index in [1.165, 1.54) is 0 Å². The quantitative estimate of drug-likeness (QED) is 0.900. The monoisotopic (exact) mass is 304 g/mol. The number of hydrogen-bond acceptors (Lipinski definition) is 3. The Hall–Kier alpha value is -1.58. The summed E-state index contributed by atoms with van der Waals surface area (Å²) in [5.41, 5.74) is 9.27. The molecule has 2 N–H and O–H groups in total. The molecule has 0 bridgehead atoms. The molecule has 0 amide bonds. The topological polar surface area (TPSA) is 48.1 Å². The van der Waals surface area contributed by atoms with Crippen molar-refractivity contribution >= 4 is 11.6 Å². The van der Waals surface area contributed by atoms with E-state index < -0.39 is 0 Å². The van der Waals surface area contributed by atoms with Gasteiger partial charge in [0, 0.05) is 23.5 Å². The fraction of sp³-hybridized carbons (Fsp3) is 0.353. The molecule has 0 fully saturated rings. The van der Waals surface area contributed by atoms with E-state index in [0.29, 0.717) is 0 Å². The van der Waals surface area contributed by atoms with Gasteiger partial charge in [0.15, 0.2) is 0 Å². The molecule has 2 unspecified atom stereocenters. The van der Waals surface area contributed by atoms with Crippen molar-refractivity contribution in [1.82, 2.24) is 4.98 Å². The third-order valence-electron chi connectivity index (χ3n) is 3.57. The molecule has 0 radical (unpaired) electrons. The summed E-state index contributed by atoms with van der Waals surface area (Å²) >= 11 is 6.20. The van der Waals surface area contributed by atoms with Crippen LogP contribution in [0.5, 0.6) is 5.75 Å². The first-order valence-corrected chi connectivity index (χ1v) is 7.49. The maximum atomic E-state index is 6.23. The lowest BCUT2D eigenvalue weighted by molar-refractivity contribution is 0.171. The first-order valence-electron chi connectivity index (χ1n) is 7.11. The lowest BCUT2D eigenvalue weighted by atomic mass is 10.0. The van der Waals surface area contributed by atoms with Gasteiger partial charge in [-0.1, -0.05) is 18.5 Å². The van der Waals surface area contributed by atoms with Crippen LogP contribution in [0.4, 0.5) is 0 Å². The first kappa shape index (κ1) is 15.8. The second-order valence-corrected chi connectivity index (χ2v) is 5.64. The van der Waals surface area contributed by atoms with Crippen molar-refractivity contribution in [3.8, 4) is 5.75 Å². The first-order chi connectivity index (χ1) is 10.0. The normalized spacial score (nSPS) is 13.8. The van der Waals surface area contributed by atoms with Crippen molar-refractivity contribution in [3.05, 3.63) is 58.4 Å². The standard InChI is InChI=1S/C17H21ClN2O/c1-4-15(19)17(13-5-7-20-8-6-13)21-14-9-11(2)16(18)12(3)10-14/h5-10,15,17H,4,19H2,1-3H3. The number of aromatic nitrogens is 1. The molecule has 1 aromatic heterocycles. The Morgan fingerprint density at radius 1 is 1.19 bits per heavy atom. The number of nitrogens with zero attached hydrogens (tertiary/aromatic N) is 1. The van der Waals surface area contributed by atoms with Crippen molar-refractivity contribution in [2.45, 2.75) is 39.3 Å². The van der Waals surface area contributed by atoms with E-state index >= 15 is 0 Å². The van der Waals surface area contributed by atoms with Crippen LogP contribution in [0.2, 0.25) is 5.02 Å². The third-order valence-corrected chi connectivity index (χ3v) is 4.16. The Kier molecular flexibility index (Phi) is 5.21. The van der Waals surface area contributed by atoms with Gasteiger partial charge in [-0.05, 0) is 61.2 Å². The number of nitrogens with two attached hydrogens (primary N) is 1. The predicted molar refractivity (Wildman–Crippen MR) is 86.8 cm³/mol. The molecule has 112 valence electrons. The molecule has 2 atom stereocenters. The highest BCUT2D eigenvalue weighted by Gasteiger charge is 2.21. The highest BCUT2D eigenvalue weighted by molar-refractivity contribution is 6.32. The van der Waals surface area contributed by atoms with E-state index in [2.05, 4.69) is 11.9 Å². The van der Waals surface area contributed by atoms with E-state index in [1.807, 2.05) is 38.1 Å². The Labute approximate surface area is 131 Å². The lowest BCUT2D eigenvalue weighted by Crippen LogP contribution is -2.31. The number of hydrogen-bond donors (Lipinski definition) is 1. The van der Waals surface area contributed by atoms with Gasteiger partial charge in [0.25, 0.3) is 0 Å². The van der Waals surface area contributed by atoms with Crippen LogP contribution < -0.4 is 10.5 Å². The molecule has 0 aliphatic rings. The summed E-state index contributed by atoms with van der Waals surface area (Å²) < 4.78 is 6.16. The molecule has 4 heteroatoms. The fourth-order valence-electron chi connectivity index (χ4n) is 2.29. The largest absolute Gasteiger partial charge is 0.484 e. The smallest absolute Gasteiger partial charge is 0.139 e.